The van der Waals surface area contributed by atoms with Crippen molar-refractivity contribution in [3.63, 3.8) is 0 Å². The zero-order valence-electron chi connectivity index (χ0n) is 15.6. The lowest BCUT2D eigenvalue weighted by molar-refractivity contribution is -0.129. The van der Waals surface area contributed by atoms with Crippen LogP contribution in [0.4, 0.5) is 5.69 Å². The predicted octanol–water partition coefficient (Wildman–Crippen LogP) is 5.42. The van der Waals surface area contributed by atoms with E-state index in [2.05, 4.69) is 4.99 Å². The number of benzene rings is 3. The highest BCUT2D eigenvalue weighted by Crippen LogP contribution is 2.28. The van der Waals surface area contributed by atoms with Gasteiger partial charge in [-0.2, -0.15) is 0 Å². The molecule has 5 nitrogen and oxygen atoms in total. The minimum Gasteiger partial charge on any atom is -0.508 e. The van der Waals surface area contributed by atoms with Crippen molar-refractivity contribution < 1.29 is 19.4 Å². The van der Waals surface area contributed by atoms with Crippen molar-refractivity contribution in [1.29, 1.82) is 0 Å². The van der Waals surface area contributed by atoms with Crippen LogP contribution in [-0.2, 0) is 4.79 Å². The average molecular weight is 408 g/mol. The molecular formula is C23H18ClNO4. The molecule has 0 saturated carbocycles. The van der Waals surface area contributed by atoms with E-state index in [9.17, 15) is 9.90 Å². The molecule has 0 aliphatic carbocycles. The summed E-state index contributed by atoms with van der Waals surface area (Å²) in [4.78, 5) is 16.5. The summed E-state index contributed by atoms with van der Waals surface area (Å²) in [6.07, 6.45) is 4.60. The number of hydrogen-bond acceptors (Lipinski definition) is 5. The van der Waals surface area contributed by atoms with E-state index in [0.29, 0.717) is 22.2 Å². The second kappa shape index (κ2) is 9.57. The monoisotopic (exact) mass is 407 g/mol. The summed E-state index contributed by atoms with van der Waals surface area (Å²) in [6, 6.07) is 18.8. The normalized spacial score (nSPS) is 11.1. The summed E-state index contributed by atoms with van der Waals surface area (Å²) in [5.74, 6) is 0.356. The van der Waals surface area contributed by atoms with Crippen molar-refractivity contribution in [3.8, 4) is 17.2 Å². The van der Waals surface area contributed by atoms with Crippen LogP contribution < -0.4 is 9.47 Å². The number of methoxy groups -OCH3 is 1. The first-order valence-electron chi connectivity index (χ1n) is 8.70. The van der Waals surface area contributed by atoms with Crippen LogP contribution >= 0.6 is 11.6 Å². The van der Waals surface area contributed by atoms with Gasteiger partial charge in [0.2, 0.25) is 0 Å². The van der Waals surface area contributed by atoms with Gasteiger partial charge in [0.15, 0.2) is 11.5 Å². The third-order valence-electron chi connectivity index (χ3n) is 3.87. The SMILES string of the molecule is COc1cc(/C=N/c2ccc(O)cc2)ccc1OC(=O)C=Cc1cccc(Cl)c1. The van der Waals surface area contributed by atoms with Gasteiger partial charge in [-0.15, -0.1) is 0 Å². The van der Waals surface area contributed by atoms with Crippen molar-refractivity contribution in [2.45, 2.75) is 0 Å². The van der Waals surface area contributed by atoms with Crippen molar-refractivity contribution in [1.82, 2.24) is 0 Å². The maximum Gasteiger partial charge on any atom is 0.336 e. The third kappa shape index (κ3) is 5.96. The maximum absolute atomic E-state index is 12.1. The highest BCUT2D eigenvalue weighted by Gasteiger charge is 2.08. The molecule has 0 atom stereocenters. The molecule has 0 amide bonds. The van der Waals surface area contributed by atoms with Crippen LogP contribution in [0.15, 0.2) is 77.8 Å². The molecule has 0 spiro atoms. The molecule has 3 rings (SSSR count). The molecule has 0 heterocycles. The van der Waals surface area contributed by atoms with E-state index in [4.69, 9.17) is 21.1 Å². The number of nitrogens with zero attached hydrogens (tertiary/aromatic N) is 1. The van der Waals surface area contributed by atoms with E-state index in [-0.39, 0.29) is 5.75 Å². The Hall–Kier alpha value is -3.57. The summed E-state index contributed by atoms with van der Waals surface area (Å²) in [6.45, 7) is 0. The van der Waals surface area contributed by atoms with Crippen LogP contribution in [0.25, 0.3) is 6.08 Å². The summed E-state index contributed by atoms with van der Waals surface area (Å²) in [5.41, 5.74) is 2.26. The Morgan fingerprint density at radius 3 is 2.52 bits per heavy atom. The summed E-state index contributed by atoms with van der Waals surface area (Å²) >= 11 is 5.93. The molecule has 3 aromatic carbocycles. The molecule has 0 unspecified atom stereocenters. The largest absolute Gasteiger partial charge is 0.508 e. The first-order chi connectivity index (χ1) is 14.0. The second-order valence-electron chi connectivity index (χ2n) is 5.99. The Kier molecular flexibility index (Phi) is 6.66. The van der Waals surface area contributed by atoms with Gasteiger partial charge in [-0.1, -0.05) is 23.7 Å². The fourth-order valence-corrected chi connectivity index (χ4v) is 2.65. The van der Waals surface area contributed by atoms with Crippen LogP contribution in [0.5, 0.6) is 17.2 Å². The van der Waals surface area contributed by atoms with Gasteiger partial charge in [0.1, 0.15) is 5.75 Å². The molecular weight excluding hydrogens is 390 g/mol. The number of aliphatic imine (C=N–C) groups is 1. The number of halogens is 1. The molecule has 0 aliphatic rings. The van der Waals surface area contributed by atoms with Gasteiger partial charge in [-0.05, 0) is 71.8 Å². The number of ether oxygens (including phenoxy) is 2. The van der Waals surface area contributed by atoms with Crippen LogP contribution in [-0.4, -0.2) is 24.4 Å². The van der Waals surface area contributed by atoms with E-state index < -0.39 is 5.97 Å². The quantitative estimate of drug-likeness (QED) is 0.256. The molecule has 0 fully saturated rings. The maximum atomic E-state index is 12.1. The molecule has 0 aromatic heterocycles. The van der Waals surface area contributed by atoms with Gasteiger partial charge in [0, 0.05) is 17.3 Å². The minimum absolute atomic E-state index is 0.182. The number of carbonyl (C=O) groups excluding carboxylic acids is 1. The number of carbonyl (C=O) groups is 1. The average Bonchev–Trinajstić information content (AvgIpc) is 2.72. The fourth-order valence-electron chi connectivity index (χ4n) is 2.45. The van der Waals surface area contributed by atoms with Gasteiger partial charge in [0.25, 0.3) is 0 Å². The van der Waals surface area contributed by atoms with Crippen LogP contribution in [0.2, 0.25) is 5.02 Å². The summed E-state index contributed by atoms with van der Waals surface area (Å²) < 4.78 is 10.7. The Balaban J connectivity index is 1.69. The number of phenols is 1. The Bertz CT molecular complexity index is 1060. The number of esters is 1. The van der Waals surface area contributed by atoms with E-state index in [0.717, 1.165) is 11.1 Å². The second-order valence-corrected chi connectivity index (χ2v) is 6.43. The molecule has 0 bridgehead atoms. The highest BCUT2D eigenvalue weighted by atomic mass is 35.5. The summed E-state index contributed by atoms with van der Waals surface area (Å²) in [5, 5.41) is 9.90. The van der Waals surface area contributed by atoms with Crippen molar-refractivity contribution in [2.75, 3.05) is 7.11 Å². The molecule has 146 valence electrons. The molecule has 0 aliphatic heterocycles. The Labute approximate surface area is 173 Å². The molecule has 29 heavy (non-hydrogen) atoms. The molecule has 0 radical (unpaired) electrons. The Morgan fingerprint density at radius 2 is 1.79 bits per heavy atom. The minimum atomic E-state index is -0.534. The smallest absolute Gasteiger partial charge is 0.336 e. The molecule has 0 saturated heterocycles. The first-order valence-corrected chi connectivity index (χ1v) is 9.08. The van der Waals surface area contributed by atoms with Gasteiger partial charge < -0.3 is 14.6 Å². The number of aromatic hydroxyl groups is 1. The van der Waals surface area contributed by atoms with Crippen LogP contribution in [0.3, 0.4) is 0 Å². The van der Waals surface area contributed by atoms with Crippen molar-refractivity contribution >= 4 is 35.5 Å². The highest BCUT2D eigenvalue weighted by molar-refractivity contribution is 6.30. The third-order valence-corrected chi connectivity index (χ3v) is 4.11. The van der Waals surface area contributed by atoms with Gasteiger partial charge in [0.05, 0.1) is 12.8 Å². The zero-order valence-corrected chi connectivity index (χ0v) is 16.3. The molecule has 1 N–H and O–H groups in total. The topological polar surface area (TPSA) is 68.1 Å². The summed E-state index contributed by atoms with van der Waals surface area (Å²) in [7, 11) is 1.50. The van der Waals surface area contributed by atoms with Crippen molar-refractivity contribution in [2.24, 2.45) is 4.99 Å². The molecule has 6 heteroatoms. The predicted molar refractivity (Wildman–Crippen MR) is 114 cm³/mol. The number of phenolic OH excluding ortho intramolecular Hbond substituents is 1. The standard InChI is InChI=1S/C23H18ClNO4/c1-28-22-14-17(15-25-19-7-9-20(26)10-8-19)5-11-21(22)29-23(27)12-6-16-3-2-4-18(24)13-16/h2-15,26H,1H3/b12-6?,25-15+. The van der Waals surface area contributed by atoms with Gasteiger partial charge >= 0.3 is 5.97 Å². The lowest BCUT2D eigenvalue weighted by Gasteiger charge is -2.08. The van der Waals surface area contributed by atoms with Gasteiger partial charge in [-0.3, -0.25) is 4.99 Å². The van der Waals surface area contributed by atoms with Crippen LogP contribution in [0.1, 0.15) is 11.1 Å². The van der Waals surface area contributed by atoms with E-state index in [1.165, 1.54) is 13.2 Å². The number of hydrogen-bond donors (Lipinski definition) is 1. The van der Waals surface area contributed by atoms with E-state index >= 15 is 0 Å². The zero-order chi connectivity index (χ0) is 20.6. The van der Waals surface area contributed by atoms with Crippen LogP contribution in [0, 0.1) is 0 Å². The van der Waals surface area contributed by atoms with E-state index in [1.807, 2.05) is 6.07 Å². The lowest BCUT2D eigenvalue weighted by Crippen LogP contribution is -2.05. The Morgan fingerprint density at radius 1 is 1.00 bits per heavy atom. The fraction of sp³-hybridized carbons (Fsp3) is 0.0435. The lowest BCUT2D eigenvalue weighted by atomic mass is 10.2. The van der Waals surface area contributed by atoms with E-state index in [1.54, 1.807) is 73.0 Å². The van der Waals surface area contributed by atoms with Crippen molar-refractivity contribution in [3.05, 3.63) is 89.0 Å². The first kappa shape index (κ1) is 20.2. The van der Waals surface area contributed by atoms with Gasteiger partial charge in [-0.25, -0.2) is 4.79 Å². The number of rotatable bonds is 6. The molecule has 3 aromatic rings.